The standard InChI is InChI=1S/C14H25N3O2/c1-5-15-14-10-12(11(2)3)16-13(17-14)6-7-19-9-8-18-4/h10-11H,5-9H2,1-4H3,(H,15,16,17). The van der Waals surface area contributed by atoms with Crippen LogP contribution < -0.4 is 5.32 Å². The molecule has 0 spiro atoms. The van der Waals surface area contributed by atoms with Crippen molar-refractivity contribution < 1.29 is 9.47 Å². The van der Waals surface area contributed by atoms with Crippen molar-refractivity contribution in [2.24, 2.45) is 0 Å². The summed E-state index contributed by atoms with van der Waals surface area (Å²) < 4.78 is 10.4. The molecule has 108 valence electrons. The van der Waals surface area contributed by atoms with Gasteiger partial charge in [0, 0.05) is 31.8 Å². The first kappa shape index (κ1) is 15.9. The van der Waals surface area contributed by atoms with E-state index in [-0.39, 0.29) is 0 Å². The highest BCUT2D eigenvalue weighted by Crippen LogP contribution is 2.15. The maximum absolute atomic E-state index is 5.45. The molecule has 5 heteroatoms. The van der Waals surface area contributed by atoms with Crippen LogP contribution in [0.25, 0.3) is 0 Å². The van der Waals surface area contributed by atoms with Crippen molar-refractivity contribution in [3.8, 4) is 0 Å². The van der Waals surface area contributed by atoms with Crippen molar-refractivity contribution in [1.82, 2.24) is 9.97 Å². The predicted molar refractivity (Wildman–Crippen MR) is 76.7 cm³/mol. The van der Waals surface area contributed by atoms with E-state index in [1.54, 1.807) is 7.11 Å². The van der Waals surface area contributed by atoms with Gasteiger partial charge in [-0.3, -0.25) is 0 Å². The molecule has 19 heavy (non-hydrogen) atoms. The number of ether oxygens (including phenoxy) is 2. The zero-order chi connectivity index (χ0) is 14.1. The van der Waals surface area contributed by atoms with Gasteiger partial charge in [0.2, 0.25) is 0 Å². The molecule has 1 rings (SSSR count). The molecular formula is C14H25N3O2. The Balaban J connectivity index is 2.60. The lowest BCUT2D eigenvalue weighted by atomic mass is 10.1. The third-order valence-corrected chi connectivity index (χ3v) is 2.64. The molecule has 0 aromatic carbocycles. The molecule has 0 aliphatic rings. The van der Waals surface area contributed by atoms with Gasteiger partial charge < -0.3 is 14.8 Å². The molecule has 0 aliphatic heterocycles. The number of anilines is 1. The van der Waals surface area contributed by atoms with Gasteiger partial charge in [-0.25, -0.2) is 9.97 Å². The lowest BCUT2D eigenvalue weighted by molar-refractivity contribution is 0.0716. The highest BCUT2D eigenvalue weighted by Gasteiger charge is 2.07. The predicted octanol–water partition coefficient (Wildman–Crippen LogP) is 2.24. The van der Waals surface area contributed by atoms with E-state index in [0.29, 0.717) is 25.7 Å². The Bertz CT molecular complexity index is 370. The highest BCUT2D eigenvalue weighted by atomic mass is 16.5. The summed E-state index contributed by atoms with van der Waals surface area (Å²) in [6.07, 6.45) is 0.725. The Kier molecular flexibility index (Phi) is 7.36. The van der Waals surface area contributed by atoms with Gasteiger partial charge >= 0.3 is 0 Å². The Morgan fingerprint density at radius 2 is 2.00 bits per heavy atom. The number of nitrogens with zero attached hydrogens (tertiary/aromatic N) is 2. The Hall–Kier alpha value is -1.20. The van der Waals surface area contributed by atoms with E-state index in [0.717, 1.165) is 30.3 Å². The van der Waals surface area contributed by atoms with Crippen LogP contribution in [0, 0.1) is 0 Å². The van der Waals surface area contributed by atoms with Gasteiger partial charge in [-0.1, -0.05) is 13.8 Å². The van der Waals surface area contributed by atoms with Gasteiger partial charge in [0.1, 0.15) is 11.6 Å². The van der Waals surface area contributed by atoms with Crippen molar-refractivity contribution in [3.63, 3.8) is 0 Å². The van der Waals surface area contributed by atoms with Crippen molar-refractivity contribution in [3.05, 3.63) is 17.6 Å². The summed E-state index contributed by atoms with van der Waals surface area (Å²) in [5.41, 5.74) is 1.07. The summed E-state index contributed by atoms with van der Waals surface area (Å²) in [6.45, 7) is 9.04. The number of nitrogens with one attached hydrogen (secondary N) is 1. The van der Waals surface area contributed by atoms with Crippen molar-refractivity contribution >= 4 is 5.82 Å². The smallest absolute Gasteiger partial charge is 0.133 e. The van der Waals surface area contributed by atoms with Gasteiger partial charge in [0.25, 0.3) is 0 Å². The minimum Gasteiger partial charge on any atom is -0.382 e. The second-order valence-electron chi connectivity index (χ2n) is 4.63. The van der Waals surface area contributed by atoms with Crippen LogP contribution in [0.2, 0.25) is 0 Å². The SMILES string of the molecule is CCNc1cc(C(C)C)nc(CCOCCOC)n1. The van der Waals surface area contributed by atoms with Crippen molar-refractivity contribution in [2.75, 3.05) is 38.8 Å². The number of methoxy groups -OCH3 is 1. The summed E-state index contributed by atoms with van der Waals surface area (Å²) >= 11 is 0. The molecule has 0 bridgehead atoms. The third kappa shape index (κ3) is 5.98. The molecule has 0 atom stereocenters. The van der Waals surface area contributed by atoms with Crippen LogP contribution in [-0.4, -0.2) is 43.4 Å². The first-order valence-corrected chi connectivity index (χ1v) is 6.85. The maximum atomic E-state index is 5.45. The lowest BCUT2D eigenvalue weighted by Crippen LogP contribution is -2.10. The molecule has 0 saturated heterocycles. The lowest BCUT2D eigenvalue weighted by Gasteiger charge is -2.11. The van der Waals surface area contributed by atoms with E-state index >= 15 is 0 Å². The molecule has 0 fully saturated rings. The summed E-state index contributed by atoms with van der Waals surface area (Å²) in [5, 5.41) is 3.24. The monoisotopic (exact) mass is 267 g/mol. The summed E-state index contributed by atoms with van der Waals surface area (Å²) in [5.74, 6) is 2.13. The number of hydrogen-bond donors (Lipinski definition) is 1. The molecule has 0 unspecified atom stereocenters. The van der Waals surface area contributed by atoms with E-state index in [9.17, 15) is 0 Å². The molecular weight excluding hydrogens is 242 g/mol. The van der Waals surface area contributed by atoms with Gasteiger partial charge in [0.15, 0.2) is 0 Å². The Morgan fingerprint density at radius 1 is 1.21 bits per heavy atom. The quantitative estimate of drug-likeness (QED) is 0.695. The zero-order valence-corrected chi connectivity index (χ0v) is 12.4. The fraction of sp³-hybridized carbons (Fsp3) is 0.714. The normalized spacial score (nSPS) is 11.0. The number of hydrogen-bond acceptors (Lipinski definition) is 5. The zero-order valence-electron chi connectivity index (χ0n) is 12.4. The van der Waals surface area contributed by atoms with Crippen LogP contribution in [0.3, 0.4) is 0 Å². The molecule has 0 saturated carbocycles. The molecule has 0 amide bonds. The minimum atomic E-state index is 0.397. The Labute approximate surface area is 115 Å². The third-order valence-electron chi connectivity index (χ3n) is 2.64. The molecule has 1 aromatic rings. The highest BCUT2D eigenvalue weighted by molar-refractivity contribution is 5.36. The van der Waals surface area contributed by atoms with Crippen LogP contribution in [0.5, 0.6) is 0 Å². The van der Waals surface area contributed by atoms with Gasteiger partial charge in [-0.2, -0.15) is 0 Å². The molecule has 0 aliphatic carbocycles. The van der Waals surface area contributed by atoms with E-state index in [1.165, 1.54) is 0 Å². The van der Waals surface area contributed by atoms with Gasteiger partial charge in [0.05, 0.1) is 19.8 Å². The molecule has 5 nitrogen and oxygen atoms in total. The topological polar surface area (TPSA) is 56.3 Å². The van der Waals surface area contributed by atoms with Crippen LogP contribution in [0.4, 0.5) is 5.82 Å². The average Bonchev–Trinajstić information content (AvgIpc) is 2.38. The fourth-order valence-corrected chi connectivity index (χ4v) is 1.60. The molecule has 1 heterocycles. The Morgan fingerprint density at radius 3 is 2.63 bits per heavy atom. The molecule has 0 radical (unpaired) electrons. The van der Waals surface area contributed by atoms with E-state index < -0.39 is 0 Å². The maximum Gasteiger partial charge on any atom is 0.133 e. The summed E-state index contributed by atoms with van der Waals surface area (Å²) in [6, 6.07) is 2.02. The minimum absolute atomic E-state index is 0.397. The fourth-order valence-electron chi connectivity index (χ4n) is 1.60. The van der Waals surface area contributed by atoms with Gasteiger partial charge in [-0.05, 0) is 12.8 Å². The second-order valence-corrected chi connectivity index (χ2v) is 4.63. The van der Waals surface area contributed by atoms with Crippen LogP contribution in [-0.2, 0) is 15.9 Å². The second kappa shape index (κ2) is 8.82. The summed E-state index contributed by atoms with van der Waals surface area (Å²) in [7, 11) is 1.67. The van der Waals surface area contributed by atoms with E-state index in [1.807, 2.05) is 6.07 Å². The summed E-state index contributed by atoms with van der Waals surface area (Å²) in [4.78, 5) is 9.06. The largest absolute Gasteiger partial charge is 0.382 e. The molecule has 1 aromatic heterocycles. The van der Waals surface area contributed by atoms with Crippen LogP contribution in [0.1, 0.15) is 38.2 Å². The van der Waals surface area contributed by atoms with Crippen molar-refractivity contribution in [2.45, 2.75) is 33.1 Å². The van der Waals surface area contributed by atoms with Crippen LogP contribution >= 0.6 is 0 Å². The average molecular weight is 267 g/mol. The first-order chi connectivity index (χ1) is 9.17. The molecule has 1 N–H and O–H groups in total. The number of rotatable bonds is 9. The first-order valence-electron chi connectivity index (χ1n) is 6.85. The van der Waals surface area contributed by atoms with Gasteiger partial charge in [-0.15, -0.1) is 0 Å². The van der Waals surface area contributed by atoms with Crippen LogP contribution in [0.15, 0.2) is 6.07 Å². The van der Waals surface area contributed by atoms with Crippen molar-refractivity contribution in [1.29, 1.82) is 0 Å². The van der Waals surface area contributed by atoms with E-state index in [4.69, 9.17) is 9.47 Å². The number of aromatic nitrogens is 2. The van der Waals surface area contributed by atoms with E-state index in [2.05, 4.69) is 36.1 Å².